The van der Waals surface area contributed by atoms with Crippen LogP contribution in [0.4, 0.5) is 22.0 Å². The maximum absolute atomic E-state index is 14.5. The first-order valence-corrected chi connectivity index (χ1v) is 11.2. The number of hydrogen-bond donors (Lipinski definition) is 0. The van der Waals surface area contributed by atoms with E-state index in [9.17, 15) is 22.0 Å². The lowest BCUT2D eigenvalue weighted by molar-refractivity contribution is -0.185. The molecule has 168 valence electrons. The molecule has 0 unspecified atom stereocenters. The Hall–Kier alpha value is -2.11. The van der Waals surface area contributed by atoms with Crippen molar-refractivity contribution in [1.82, 2.24) is 0 Å². The number of halogens is 5. The first kappa shape index (κ1) is 22.1. The van der Waals surface area contributed by atoms with Crippen LogP contribution in [0, 0.1) is 29.3 Å². The molecule has 2 aliphatic rings. The van der Waals surface area contributed by atoms with Crippen LogP contribution in [0.2, 0.25) is 0 Å². The van der Waals surface area contributed by atoms with Crippen molar-refractivity contribution < 1.29 is 26.7 Å². The normalized spacial score (nSPS) is 23.0. The van der Waals surface area contributed by atoms with Gasteiger partial charge in [-0.3, -0.25) is 0 Å². The van der Waals surface area contributed by atoms with Crippen molar-refractivity contribution in [3.63, 3.8) is 0 Å². The summed E-state index contributed by atoms with van der Waals surface area (Å²) < 4.78 is 73.0. The van der Waals surface area contributed by atoms with E-state index in [1.165, 1.54) is 57.1 Å². The second-order valence-corrected chi connectivity index (χ2v) is 8.95. The zero-order valence-electron chi connectivity index (χ0n) is 17.4. The molecule has 2 fully saturated rings. The molecule has 0 amide bonds. The molecule has 0 bridgehead atoms. The predicted molar refractivity (Wildman–Crippen MR) is 109 cm³/mol. The molecule has 0 radical (unpaired) electrons. The number of rotatable bonds is 5. The van der Waals surface area contributed by atoms with E-state index in [2.05, 4.69) is 4.74 Å². The lowest BCUT2D eigenvalue weighted by Gasteiger charge is -2.36. The average Bonchev–Trinajstić information content (AvgIpc) is 2.78. The molecule has 4 rings (SSSR count). The van der Waals surface area contributed by atoms with Gasteiger partial charge in [0.2, 0.25) is 0 Å². The number of ether oxygens (including phenoxy) is 1. The van der Waals surface area contributed by atoms with Crippen molar-refractivity contribution in [2.75, 3.05) is 0 Å². The molecular formula is C25H27F5O. The van der Waals surface area contributed by atoms with Gasteiger partial charge < -0.3 is 4.74 Å². The Morgan fingerprint density at radius 1 is 0.710 bits per heavy atom. The topological polar surface area (TPSA) is 9.23 Å². The Bertz CT molecular complexity index is 858. The predicted octanol–water partition coefficient (Wildman–Crippen LogP) is 8.09. The fraction of sp³-hybridized carbons (Fsp3) is 0.520. The number of hydrogen-bond acceptors (Lipinski definition) is 1. The fourth-order valence-electron chi connectivity index (χ4n) is 5.28. The summed E-state index contributed by atoms with van der Waals surface area (Å²) in [6, 6.07) is 6.77. The average molecular weight is 438 g/mol. The number of alkyl halides is 2. The molecule has 2 saturated carbocycles. The minimum atomic E-state index is -3.80. The van der Waals surface area contributed by atoms with Gasteiger partial charge in [0.15, 0.2) is 17.5 Å². The molecule has 0 saturated heterocycles. The standard InChI is InChI=1S/C25H27F5O/c26-22-14-21(15-23(27)24(22)28)31-25(29,30)20-12-10-19(11-13-20)18-8-6-17(7-9-18)16-4-2-1-3-5-16/h10-18H,1-9H2. The minimum Gasteiger partial charge on any atom is -0.429 e. The molecule has 0 aliphatic heterocycles. The molecule has 6 heteroatoms. The van der Waals surface area contributed by atoms with Crippen LogP contribution < -0.4 is 4.74 Å². The van der Waals surface area contributed by atoms with Gasteiger partial charge in [-0.25, -0.2) is 13.2 Å². The van der Waals surface area contributed by atoms with E-state index in [0.717, 1.165) is 30.2 Å². The van der Waals surface area contributed by atoms with Crippen LogP contribution in [0.25, 0.3) is 0 Å². The third-order valence-corrected chi connectivity index (χ3v) is 7.01. The third kappa shape index (κ3) is 5.04. The van der Waals surface area contributed by atoms with E-state index in [1.807, 2.05) is 0 Å². The maximum Gasteiger partial charge on any atom is 0.426 e. The molecule has 1 nitrogen and oxygen atoms in total. The highest BCUT2D eigenvalue weighted by Gasteiger charge is 2.36. The molecule has 0 aromatic heterocycles. The highest BCUT2D eigenvalue weighted by Crippen LogP contribution is 2.43. The Labute approximate surface area is 179 Å². The van der Waals surface area contributed by atoms with Gasteiger partial charge in [-0.1, -0.05) is 44.2 Å². The summed E-state index contributed by atoms with van der Waals surface area (Å²) in [6.45, 7) is 0. The first-order chi connectivity index (χ1) is 14.8. The summed E-state index contributed by atoms with van der Waals surface area (Å²) in [4.78, 5) is 0. The third-order valence-electron chi connectivity index (χ3n) is 7.01. The van der Waals surface area contributed by atoms with Crippen LogP contribution in [-0.4, -0.2) is 0 Å². The van der Waals surface area contributed by atoms with Gasteiger partial charge >= 0.3 is 6.11 Å². The molecular weight excluding hydrogens is 411 g/mol. The smallest absolute Gasteiger partial charge is 0.426 e. The monoisotopic (exact) mass is 438 g/mol. The highest BCUT2D eigenvalue weighted by atomic mass is 19.3. The minimum absolute atomic E-state index is 0.365. The zero-order chi connectivity index (χ0) is 22.0. The van der Waals surface area contributed by atoms with Gasteiger partial charge in [-0.15, -0.1) is 0 Å². The molecule has 0 N–H and O–H groups in total. The van der Waals surface area contributed by atoms with Crippen LogP contribution in [0.1, 0.15) is 74.8 Å². The summed E-state index contributed by atoms with van der Waals surface area (Å²) in [7, 11) is 0. The zero-order valence-corrected chi connectivity index (χ0v) is 17.4. The van der Waals surface area contributed by atoms with Crippen LogP contribution in [0.15, 0.2) is 36.4 Å². The van der Waals surface area contributed by atoms with Crippen LogP contribution in [0.3, 0.4) is 0 Å². The molecule has 2 aromatic rings. The van der Waals surface area contributed by atoms with E-state index >= 15 is 0 Å². The van der Waals surface area contributed by atoms with Crippen LogP contribution >= 0.6 is 0 Å². The lowest BCUT2D eigenvalue weighted by Crippen LogP contribution is -2.23. The summed E-state index contributed by atoms with van der Waals surface area (Å²) in [5.74, 6) is -3.64. The van der Waals surface area contributed by atoms with Crippen LogP contribution in [-0.2, 0) is 6.11 Å². The van der Waals surface area contributed by atoms with Gasteiger partial charge in [-0.05, 0) is 61.1 Å². The van der Waals surface area contributed by atoms with E-state index < -0.39 is 34.9 Å². The van der Waals surface area contributed by atoms with Gasteiger partial charge in [0, 0.05) is 12.1 Å². The summed E-state index contributed by atoms with van der Waals surface area (Å²) in [5.41, 5.74) is 0.609. The van der Waals surface area contributed by atoms with Crippen molar-refractivity contribution in [3.8, 4) is 5.75 Å². The van der Waals surface area contributed by atoms with Crippen molar-refractivity contribution in [2.24, 2.45) is 11.8 Å². The van der Waals surface area contributed by atoms with Crippen molar-refractivity contribution >= 4 is 0 Å². The Morgan fingerprint density at radius 2 is 1.26 bits per heavy atom. The van der Waals surface area contributed by atoms with Crippen molar-refractivity contribution in [3.05, 3.63) is 65.0 Å². The Morgan fingerprint density at radius 3 is 1.84 bits per heavy atom. The van der Waals surface area contributed by atoms with Crippen molar-refractivity contribution in [1.29, 1.82) is 0 Å². The molecule has 0 spiro atoms. The first-order valence-electron chi connectivity index (χ1n) is 11.2. The van der Waals surface area contributed by atoms with Gasteiger partial charge in [-0.2, -0.15) is 8.78 Å². The fourth-order valence-corrected chi connectivity index (χ4v) is 5.28. The quantitative estimate of drug-likeness (QED) is 0.339. The summed E-state index contributed by atoms with van der Waals surface area (Å²) >= 11 is 0. The Kier molecular flexibility index (Phi) is 6.54. The maximum atomic E-state index is 14.5. The van der Waals surface area contributed by atoms with Crippen molar-refractivity contribution in [2.45, 2.75) is 69.8 Å². The van der Waals surface area contributed by atoms with Gasteiger partial charge in [0.1, 0.15) is 5.75 Å². The highest BCUT2D eigenvalue weighted by molar-refractivity contribution is 5.30. The van der Waals surface area contributed by atoms with Gasteiger partial charge in [0.25, 0.3) is 0 Å². The molecule has 0 atom stereocenters. The second kappa shape index (κ2) is 9.17. The van der Waals surface area contributed by atoms with E-state index in [1.54, 1.807) is 12.1 Å². The van der Waals surface area contributed by atoms with E-state index in [4.69, 9.17) is 0 Å². The second-order valence-electron chi connectivity index (χ2n) is 8.95. The van der Waals surface area contributed by atoms with E-state index in [0.29, 0.717) is 18.1 Å². The van der Waals surface area contributed by atoms with Gasteiger partial charge in [0.05, 0.1) is 5.56 Å². The molecule has 2 aromatic carbocycles. The molecule has 31 heavy (non-hydrogen) atoms. The van der Waals surface area contributed by atoms with E-state index in [-0.39, 0.29) is 0 Å². The lowest BCUT2D eigenvalue weighted by atomic mass is 9.70. The van der Waals surface area contributed by atoms with Crippen LogP contribution in [0.5, 0.6) is 5.75 Å². The Balaban J connectivity index is 1.38. The summed E-state index contributed by atoms with van der Waals surface area (Å²) in [5, 5.41) is 0. The summed E-state index contributed by atoms with van der Waals surface area (Å²) in [6.07, 6.45) is 7.48. The largest absolute Gasteiger partial charge is 0.429 e. The molecule has 2 aliphatic carbocycles. The molecule has 0 heterocycles. The SMILES string of the molecule is Fc1cc(OC(F)(F)c2ccc(C3CCC(C4CCCCC4)CC3)cc2)cc(F)c1F. The number of benzene rings is 2.